The van der Waals surface area contributed by atoms with Crippen molar-refractivity contribution in [2.24, 2.45) is 5.92 Å². The van der Waals surface area contributed by atoms with Crippen molar-refractivity contribution in [3.05, 3.63) is 0 Å². The Hall–Kier alpha value is -0.600. The smallest absolute Gasteiger partial charge is 0.156 e. The van der Waals surface area contributed by atoms with Crippen LogP contribution in [-0.2, 0) is 14.6 Å². The molecule has 0 aromatic carbocycles. The zero-order valence-corrected chi connectivity index (χ0v) is 11.5. The van der Waals surface area contributed by atoms with E-state index in [0.29, 0.717) is 13.0 Å². The van der Waals surface area contributed by atoms with E-state index >= 15 is 0 Å². The lowest BCUT2D eigenvalue weighted by Gasteiger charge is -2.21. The third kappa shape index (κ3) is 3.24. The minimum atomic E-state index is -3.20. The molecule has 0 aromatic heterocycles. The van der Waals surface area contributed by atoms with Crippen molar-refractivity contribution in [3.8, 4) is 6.07 Å². The molecule has 2 rings (SSSR count). The zero-order chi connectivity index (χ0) is 13.0. The summed E-state index contributed by atoms with van der Waals surface area (Å²) < 4.78 is 30.3. The lowest BCUT2D eigenvalue weighted by molar-refractivity contribution is 0.127. The van der Waals surface area contributed by atoms with Gasteiger partial charge in [-0.25, -0.2) is 8.42 Å². The molecule has 1 heterocycles. The van der Waals surface area contributed by atoms with Crippen molar-refractivity contribution in [1.82, 2.24) is 0 Å². The maximum absolute atomic E-state index is 12.4. The normalized spacial score (nSPS) is 33.8. The molecule has 1 aliphatic carbocycles. The van der Waals surface area contributed by atoms with Crippen LogP contribution in [0.2, 0.25) is 0 Å². The maximum Gasteiger partial charge on any atom is 0.156 e. The van der Waals surface area contributed by atoms with Gasteiger partial charge in [0, 0.05) is 6.61 Å². The van der Waals surface area contributed by atoms with Crippen LogP contribution in [0.25, 0.3) is 0 Å². The van der Waals surface area contributed by atoms with Gasteiger partial charge in [-0.2, -0.15) is 5.26 Å². The molecule has 0 spiro atoms. The van der Waals surface area contributed by atoms with Crippen LogP contribution in [-0.4, -0.2) is 32.1 Å². The van der Waals surface area contributed by atoms with Crippen LogP contribution in [0.3, 0.4) is 0 Å². The molecule has 1 saturated carbocycles. The molecule has 1 saturated heterocycles. The topological polar surface area (TPSA) is 67.2 Å². The largest absolute Gasteiger partial charge is 0.377 e. The zero-order valence-electron chi connectivity index (χ0n) is 10.7. The van der Waals surface area contributed by atoms with Crippen LogP contribution in [0.5, 0.6) is 0 Å². The molecule has 0 N–H and O–H groups in total. The van der Waals surface area contributed by atoms with Gasteiger partial charge in [-0.3, -0.25) is 0 Å². The Morgan fingerprint density at radius 3 is 2.56 bits per heavy atom. The van der Waals surface area contributed by atoms with Gasteiger partial charge in [0.1, 0.15) is 0 Å². The van der Waals surface area contributed by atoms with E-state index in [0.717, 1.165) is 38.5 Å². The second-order valence-corrected chi connectivity index (χ2v) is 7.64. The average Bonchev–Trinajstić information content (AvgIpc) is 2.69. The summed E-state index contributed by atoms with van der Waals surface area (Å²) in [5.74, 6) is -0.213. The van der Waals surface area contributed by atoms with Crippen LogP contribution in [0.4, 0.5) is 0 Å². The number of nitrogens with zero attached hydrogens (tertiary/aromatic N) is 1. The number of nitriles is 1. The Bertz CT molecular complexity index is 406. The lowest BCUT2D eigenvalue weighted by atomic mass is 10.0. The van der Waals surface area contributed by atoms with Crippen molar-refractivity contribution in [2.45, 2.75) is 56.3 Å². The maximum atomic E-state index is 12.4. The summed E-state index contributed by atoms with van der Waals surface area (Å²) in [5, 5.41) is 8.70. The van der Waals surface area contributed by atoms with Gasteiger partial charge in [0.25, 0.3) is 0 Å². The summed E-state index contributed by atoms with van der Waals surface area (Å²) >= 11 is 0. The molecule has 0 aromatic rings. The molecule has 102 valence electrons. The van der Waals surface area contributed by atoms with E-state index in [1.165, 1.54) is 0 Å². The molecule has 0 bridgehead atoms. The van der Waals surface area contributed by atoms with Gasteiger partial charge in [-0.1, -0.05) is 19.3 Å². The van der Waals surface area contributed by atoms with Crippen LogP contribution in [0.1, 0.15) is 44.9 Å². The average molecular weight is 271 g/mol. The second kappa shape index (κ2) is 6.03. The van der Waals surface area contributed by atoms with Gasteiger partial charge in [0.2, 0.25) is 0 Å². The highest BCUT2D eigenvalue weighted by Gasteiger charge is 2.36. The molecule has 4 nitrogen and oxygen atoms in total. The Kier molecular flexibility index (Phi) is 4.63. The summed E-state index contributed by atoms with van der Waals surface area (Å²) in [4.78, 5) is 0. The van der Waals surface area contributed by atoms with E-state index in [1.807, 2.05) is 0 Å². The fourth-order valence-corrected chi connectivity index (χ4v) is 5.26. The first-order chi connectivity index (χ1) is 8.63. The van der Waals surface area contributed by atoms with Gasteiger partial charge in [0.05, 0.1) is 29.1 Å². The fraction of sp³-hybridized carbons (Fsp3) is 0.923. The molecule has 1 aliphatic heterocycles. The second-order valence-electron chi connectivity index (χ2n) is 5.38. The van der Waals surface area contributed by atoms with E-state index in [4.69, 9.17) is 10.00 Å². The van der Waals surface area contributed by atoms with Crippen LogP contribution in [0, 0.1) is 17.2 Å². The molecule has 0 radical (unpaired) electrons. The van der Waals surface area contributed by atoms with Crippen molar-refractivity contribution in [3.63, 3.8) is 0 Å². The standard InChI is InChI=1S/C13H21NO3S/c14-9-11-5-2-1-3-7-13(11)18(15,16)10-12-6-4-8-17-12/h11-13H,1-8,10H2. The van der Waals surface area contributed by atoms with Crippen molar-refractivity contribution in [2.75, 3.05) is 12.4 Å². The Morgan fingerprint density at radius 1 is 1.11 bits per heavy atom. The highest BCUT2D eigenvalue weighted by molar-refractivity contribution is 7.92. The molecule has 3 unspecified atom stereocenters. The predicted octanol–water partition coefficient (Wildman–Crippen LogP) is 2.05. The van der Waals surface area contributed by atoms with Gasteiger partial charge in [0.15, 0.2) is 9.84 Å². The SMILES string of the molecule is N#CC1CCCCCC1S(=O)(=O)CC1CCCO1. The van der Waals surface area contributed by atoms with E-state index in [9.17, 15) is 8.42 Å². The fourth-order valence-electron chi connectivity index (χ4n) is 3.01. The number of sulfone groups is 1. The lowest BCUT2D eigenvalue weighted by Crippen LogP contribution is -2.34. The summed E-state index contributed by atoms with van der Waals surface area (Å²) in [7, 11) is -3.20. The quantitative estimate of drug-likeness (QED) is 0.737. The summed E-state index contributed by atoms with van der Waals surface area (Å²) in [6.07, 6.45) is 5.97. The minimum absolute atomic E-state index is 0.107. The molecular formula is C13H21NO3S. The Morgan fingerprint density at radius 2 is 1.89 bits per heavy atom. The highest BCUT2D eigenvalue weighted by atomic mass is 32.2. The first-order valence-electron chi connectivity index (χ1n) is 6.86. The van der Waals surface area contributed by atoms with E-state index in [-0.39, 0.29) is 17.8 Å². The van der Waals surface area contributed by atoms with Crippen LogP contribution < -0.4 is 0 Å². The summed E-state index contributed by atoms with van der Waals surface area (Å²) in [6.45, 7) is 0.673. The molecule has 0 amide bonds. The monoisotopic (exact) mass is 271 g/mol. The minimum Gasteiger partial charge on any atom is -0.377 e. The van der Waals surface area contributed by atoms with Gasteiger partial charge >= 0.3 is 0 Å². The van der Waals surface area contributed by atoms with E-state index < -0.39 is 15.1 Å². The molecule has 2 fully saturated rings. The van der Waals surface area contributed by atoms with Crippen molar-refractivity contribution in [1.29, 1.82) is 5.26 Å². The van der Waals surface area contributed by atoms with Crippen molar-refractivity contribution >= 4 is 9.84 Å². The van der Waals surface area contributed by atoms with Crippen LogP contribution in [0.15, 0.2) is 0 Å². The van der Waals surface area contributed by atoms with Gasteiger partial charge in [-0.05, 0) is 25.7 Å². The Balaban J connectivity index is 2.08. The first kappa shape index (κ1) is 13.8. The summed E-state index contributed by atoms with van der Waals surface area (Å²) in [6, 6.07) is 2.21. The molecule has 18 heavy (non-hydrogen) atoms. The molecule has 3 atom stereocenters. The third-order valence-corrected chi connectivity index (χ3v) is 6.35. The van der Waals surface area contributed by atoms with Crippen molar-refractivity contribution < 1.29 is 13.2 Å². The third-order valence-electron chi connectivity index (χ3n) is 4.02. The van der Waals surface area contributed by atoms with Crippen LogP contribution >= 0.6 is 0 Å². The first-order valence-corrected chi connectivity index (χ1v) is 8.58. The van der Waals surface area contributed by atoms with E-state index in [2.05, 4.69) is 6.07 Å². The Labute approximate surface area is 109 Å². The van der Waals surface area contributed by atoms with Gasteiger partial charge < -0.3 is 4.74 Å². The highest BCUT2D eigenvalue weighted by Crippen LogP contribution is 2.30. The van der Waals surface area contributed by atoms with Gasteiger partial charge in [-0.15, -0.1) is 0 Å². The van der Waals surface area contributed by atoms with E-state index in [1.54, 1.807) is 0 Å². The number of hydrogen-bond donors (Lipinski definition) is 0. The summed E-state index contributed by atoms with van der Waals surface area (Å²) in [5.41, 5.74) is 0. The predicted molar refractivity (Wildman–Crippen MR) is 68.7 cm³/mol. The molecule has 5 heteroatoms. The number of hydrogen-bond acceptors (Lipinski definition) is 4. The molecular weight excluding hydrogens is 250 g/mol. The number of ether oxygens (including phenoxy) is 1. The number of rotatable bonds is 3. The molecule has 2 aliphatic rings.